The fourth-order valence-electron chi connectivity index (χ4n) is 13.8. The van der Waals surface area contributed by atoms with Gasteiger partial charge in [-0.3, -0.25) is 0 Å². The average molecular weight is 1030 g/mol. The van der Waals surface area contributed by atoms with Crippen LogP contribution in [0.15, 0.2) is 285 Å². The minimum Gasteiger partial charge on any atom is -0.309 e. The van der Waals surface area contributed by atoms with E-state index in [-0.39, 0.29) is 5.41 Å². The summed E-state index contributed by atoms with van der Waals surface area (Å²) < 4.78 is 0. The Morgan fingerprint density at radius 1 is 0.338 bits per heavy atom. The molecule has 1 heteroatoms. The normalized spacial score (nSPS) is 16.0. The maximum Gasteiger partial charge on any atom is 0.0714 e. The molecule has 14 rings (SSSR count). The van der Waals surface area contributed by atoms with Crippen molar-refractivity contribution in [2.24, 2.45) is 0 Å². The first-order valence-corrected chi connectivity index (χ1v) is 28.4. The zero-order valence-corrected chi connectivity index (χ0v) is 46.2. The van der Waals surface area contributed by atoms with Gasteiger partial charge in [0.1, 0.15) is 0 Å². The molecule has 2 aliphatic carbocycles. The van der Waals surface area contributed by atoms with Crippen LogP contribution in [0.1, 0.15) is 96.2 Å². The molecule has 0 heterocycles. The summed E-state index contributed by atoms with van der Waals surface area (Å²) in [6, 6.07) is 108. The Morgan fingerprint density at radius 2 is 0.762 bits per heavy atom. The van der Waals surface area contributed by atoms with Crippen molar-refractivity contribution < 1.29 is 0 Å². The third-order valence-electron chi connectivity index (χ3n) is 17.6. The molecule has 12 aromatic carbocycles. The van der Waals surface area contributed by atoms with Crippen molar-refractivity contribution in [1.29, 1.82) is 0 Å². The zero-order chi connectivity index (χ0) is 54.2. The highest BCUT2D eigenvalue weighted by atomic mass is 15.1. The molecule has 0 saturated heterocycles. The number of fused-ring (bicyclic) bond motifs is 7. The molecule has 2 atom stereocenters. The van der Waals surface area contributed by atoms with Crippen LogP contribution < -0.4 is 4.90 Å². The minimum atomic E-state index is -0.604. The number of hydrogen-bond acceptors (Lipinski definition) is 1. The smallest absolute Gasteiger partial charge is 0.0714 e. The highest BCUT2D eigenvalue weighted by Crippen LogP contribution is 2.63. The van der Waals surface area contributed by atoms with E-state index in [1.807, 2.05) is 0 Å². The molecule has 0 amide bonds. The third kappa shape index (κ3) is 7.59. The number of nitrogens with zero attached hydrogens (tertiary/aromatic N) is 1. The molecular formula is C79H63N. The van der Waals surface area contributed by atoms with Crippen LogP contribution in [0.5, 0.6) is 0 Å². The Hall–Kier alpha value is -9.30. The first kappa shape index (κ1) is 49.0. The van der Waals surface area contributed by atoms with Gasteiger partial charge in [0, 0.05) is 16.8 Å². The van der Waals surface area contributed by atoms with Gasteiger partial charge in [-0.25, -0.2) is 0 Å². The van der Waals surface area contributed by atoms with Gasteiger partial charge in [-0.1, -0.05) is 295 Å². The van der Waals surface area contributed by atoms with E-state index >= 15 is 0 Å². The van der Waals surface area contributed by atoms with Crippen LogP contribution in [0.3, 0.4) is 0 Å². The van der Waals surface area contributed by atoms with E-state index in [1.54, 1.807) is 0 Å². The molecule has 80 heavy (non-hydrogen) atoms. The van der Waals surface area contributed by atoms with Crippen molar-refractivity contribution in [3.05, 3.63) is 341 Å². The monoisotopic (exact) mass is 1030 g/mol. The van der Waals surface area contributed by atoms with Crippen LogP contribution >= 0.6 is 0 Å². The molecule has 0 N–H and O–H groups in total. The molecule has 2 unspecified atom stereocenters. The van der Waals surface area contributed by atoms with Gasteiger partial charge < -0.3 is 4.90 Å². The first-order valence-electron chi connectivity index (χ1n) is 28.4. The van der Waals surface area contributed by atoms with Gasteiger partial charge in [0.2, 0.25) is 0 Å². The predicted molar refractivity (Wildman–Crippen MR) is 337 cm³/mol. The number of benzene rings is 12. The summed E-state index contributed by atoms with van der Waals surface area (Å²) in [4.78, 5) is 2.59. The molecule has 0 fully saturated rings. The molecule has 12 aromatic rings. The van der Waals surface area contributed by atoms with Gasteiger partial charge in [0.05, 0.1) is 22.2 Å². The van der Waals surface area contributed by atoms with Crippen LogP contribution in [-0.4, -0.2) is 0 Å². The standard InChI is InChI=1S/C79H63N/c1-53(2)58-25-18-31-62(51-58)78(59-26-8-6-9-27-59)69-37-16-14-34-67(69)75-71(78)39-21-41-73(75)80(64-49-47-55(48-50-64)54-43-45-57(46-44-54)66-36-19-24-56-23-12-13-33-65(56)66)74-42-22-40-72-76(74)68-35-15-17-38-70(68)79(72,60-28-10-7-11-29-60)63-32-20-30-61(52-63)77(3,4)5/h6-53H,1-5H3. The lowest BCUT2D eigenvalue weighted by atomic mass is 9.67. The number of anilines is 3. The quantitative estimate of drug-likeness (QED) is 0.132. The molecule has 0 saturated carbocycles. The lowest BCUT2D eigenvalue weighted by Gasteiger charge is -2.36. The zero-order valence-electron chi connectivity index (χ0n) is 46.2. The molecule has 0 radical (unpaired) electrons. The molecule has 0 aromatic heterocycles. The number of hydrogen-bond donors (Lipinski definition) is 0. The summed E-state index contributed by atoms with van der Waals surface area (Å²) in [5, 5.41) is 2.52. The Labute approximate surface area is 472 Å². The van der Waals surface area contributed by atoms with Gasteiger partial charge in [-0.15, -0.1) is 0 Å². The molecule has 2 aliphatic rings. The van der Waals surface area contributed by atoms with Crippen molar-refractivity contribution in [1.82, 2.24) is 0 Å². The second-order valence-electron chi connectivity index (χ2n) is 23.3. The van der Waals surface area contributed by atoms with Gasteiger partial charge >= 0.3 is 0 Å². The predicted octanol–water partition coefficient (Wildman–Crippen LogP) is 20.8. The molecule has 0 spiro atoms. The second kappa shape index (κ2) is 19.3. The molecule has 0 aliphatic heterocycles. The Balaban J connectivity index is 1.03. The maximum atomic E-state index is 2.59. The fraction of sp³-hybridized carbons (Fsp3) is 0.114. The summed E-state index contributed by atoms with van der Waals surface area (Å²) in [7, 11) is 0. The summed E-state index contributed by atoms with van der Waals surface area (Å²) in [6.07, 6.45) is 0. The molecule has 0 bridgehead atoms. The SMILES string of the molecule is CC(C)c1cccc(C2(c3ccccc3)c3ccccc3-c3c(N(c4ccc(-c5ccc(-c6cccc7ccccc67)cc5)cc4)c4cccc5c4-c4ccccc4C5(c4ccccc4)c4cccc(C(C)(C)C)c4)cccc32)c1. The second-order valence-corrected chi connectivity index (χ2v) is 23.3. The van der Waals surface area contributed by atoms with E-state index in [4.69, 9.17) is 0 Å². The summed E-state index contributed by atoms with van der Waals surface area (Å²) >= 11 is 0. The first-order chi connectivity index (χ1) is 39.2. The molecular weight excluding hydrogens is 963 g/mol. The molecule has 1 nitrogen and oxygen atoms in total. The van der Waals surface area contributed by atoms with Crippen molar-refractivity contribution in [3.63, 3.8) is 0 Å². The third-order valence-corrected chi connectivity index (χ3v) is 17.6. The summed E-state index contributed by atoms with van der Waals surface area (Å²) in [5.41, 5.74) is 24.7. The van der Waals surface area contributed by atoms with Crippen LogP contribution in [0, 0.1) is 0 Å². The summed E-state index contributed by atoms with van der Waals surface area (Å²) in [6.45, 7) is 11.6. The Morgan fingerprint density at radius 3 is 1.34 bits per heavy atom. The van der Waals surface area contributed by atoms with Crippen molar-refractivity contribution in [2.75, 3.05) is 4.90 Å². The fourth-order valence-corrected chi connectivity index (χ4v) is 13.8. The maximum absolute atomic E-state index is 2.59. The lowest BCUT2D eigenvalue weighted by Crippen LogP contribution is -2.29. The van der Waals surface area contributed by atoms with E-state index in [0.29, 0.717) is 5.92 Å². The van der Waals surface area contributed by atoms with E-state index in [1.165, 1.54) is 111 Å². The molecule has 384 valence electrons. The topological polar surface area (TPSA) is 3.24 Å². The summed E-state index contributed by atoms with van der Waals surface area (Å²) in [5.74, 6) is 0.368. The largest absolute Gasteiger partial charge is 0.309 e. The van der Waals surface area contributed by atoms with Gasteiger partial charge in [-0.2, -0.15) is 0 Å². The Bertz CT molecular complexity index is 4290. The Kier molecular flexibility index (Phi) is 11.8. The van der Waals surface area contributed by atoms with Crippen molar-refractivity contribution in [2.45, 2.75) is 56.8 Å². The average Bonchev–Trinajstić information content (AvgIpc) is 2.87. The van der Waals surface area contributed by atoms with Gasteiger partial charge in [0.15, 0.2) is 0 Å². The van der Waals surface area contributed by atoms with Crippen molar-refractivity contribution >= 4 is 27.8 Å². The van der Waals surface area contributed by atoms with Gasteiger partial charge in [0.25, 0.3) is 0 Å². The van der Waals surface area contributed by atoms with Crippen molar-refractivity contribution in [3.8, 4) is 44.5 Å². The van der Waals surface area contributed by atoms with Crippen LogP contribution in [0.25, 0.3) is 55.3 Å². The van der Waals surface area contributed by atoms with Gasteiger partial charge in [-0.05, 0) is 135 Å². The lowest BCUT2D eigenvalue weighted by molar-refractivity contribution is 0.587. The highest BCUT2D eigenvalue weighted by molar-refractivity contribution is 6.03. The van der Waals surface area contributed by atoms with E-state index in [9.17, 15) is 0 Å². The van der Waals surface area contributed by atoms with E-state index in [0.717, 1.165) is 17.1 Å². The van der Waals surface area contributed by atoms with Crippen LogP contribution in [0.2, 0.25) is 0 Å². The van der Waals surface area contributed by atoms with E-state index in [2.05, 4.69) is 325 Å². The van der Waals surface area contributed by atoms with Crippen LogP contribution in [0.4, 0.5) is 17.1 Å². The minimum absolute atomic E-state index is 0.0481. The number of rotatable bonds is 10. The highest BCUT2D eigenvalue weighted by Gasteiger charge is 2.50. The van der Waals surface area contributed by atoms with Crippen LogP contribution in [-0.2, 0) is 16.2 Å². The van der Waals surface area contributed by atoms with E-state index < -0.39 is 10.8 Å².